The first-order valence-corrected chi connectivity index (χ1v) is 16.2. The summed E-state index contributed by atoms with van der Waals surface area (Å²) in [5.41, 5.74) is 0. The van der Waals surface area contributed by atoms with Crippen molar-refractivity contribution in [3.8, 4) is 0 Å². The molecule has 0 fully saturated rings. The van der Waals surface area contributed by atoms with E-state index in [1.807, 2.05) is 61.7 Å². The van der Waals surface area contributed by atoms with Crippen LogP contribution >= 0.6 is 0 Å². The summed E-state index contributed by atoms with van der Waals surface area (Å²) in [5.74, 6) is -1.47. The third-order valence-electron chi connectivity index (χ3n) is 7.78. The van der Waals surface area contributed by atoms with E-state index in [0.717, 1.165) is 0 Å². The average molecular weight is 638 g/mol. The summed E-state index contributed by atoms with van der Waals surface area (Å²) in [6.45, 7) is 18.4. The second-order valence-electron chi connectivity index (χ2n) is 13.8. The summed E-state index contributed by atoms with van der Waals surface area (Å²) in [5, 5.41) is 11.4. The summed E-state index contributed by atoms with van der Waals surface area (Å²) in [6.07, 6.45) is 3.38. The highest BCUT2D eigenvalue weighted by Crippen LogP contribution is 2.15. The first kappa shape index (κ1) is 42.1. The molecule has 0 unspecified atom stereocenters. The number of likely N-dealkylation sites (N-methyl/N-ethyl adjacent to an activating group) is 3. The highest BCUT2D eigenvalue weighted by molar-refractivity contribution is 5.95. The van der Waals surface area contributed by atoms with E-state index in [2.05, 4.69) is 21.3 Å². The summed E-state index contributed by atoms with van der Waals surface area (Å²) in [4.78, 5) is 80.1. The predicted octanol–water partition coefficient (Wildman–Crippen LogP) is 1.67. The van der Waals surface area contributed by atoms with E-state index in [0.29, 0.717) is 19.3 Å². The molecule has 0 spiro atoms. The standard InChI is InChI=1S/C33H61N6O6/c1-19(2)14-25(34-11)31(43)36-23(9)30(42)37-24(10)32(44)38(12)27(16-21(5)6)29(41)17-35-26(15-20(3)4)33(45)39(13)28(18-40)22(7)8/h19-28,34-35H,14-17H2,1-13H3,(H,36,43)(H,37,42)/t23-,24+,25-,26-,27-,28+/m0/s1. The highest BCUT2D eigenvalue weighted by atomic mass is 16.2. The number of nitrogens with one attached hydrogen (secondary N) is 4. The molecule has 12 heteroatoms. The van der Waals surface area contributed by atoms with Gasteiger partial charge >= 0.3 is 0 Å². The molecule has 0 saturated carbocycles. The summed E-state index contributed by atoms with van der Waals surface area (Å²) >= 11 is 0. The molecule has 4 amide bonds. The maximum atomic E-state index is 13.6. The van der Waals surface area contributed by atoms with Gasteiger partial charge in [0.05, 0.1) is 24.7 Å². The lowest BCUT2D eigenvalue weighted by Gasteiger charge is -2.33. The minimum Gasteiger partial charge on any atom is -0.343 e. The first-order valence-electron chi connectivity index (χ1n) is 16.2. The van der Waals surface area contributed by atoms with Gasteiger partial charge in [0.2, 0.25) is 29.9 Å². The molecule has 12 nitrogen and oxygen atoms in total. The number of hydrogen-bond donors (Lipinski definition) is 4. The maximum Gasteiger partial charge on any atom is 0.245 e. The monoisotopic (exact) mass is 637 g/mol. The zero-order valence-electron chi connectivity index (χ0n) is 29.9. The van der Waals surface area contributed by atoms with E-state index in [-0.39, 0.29) is 47.8 Å². The van der Waals surface area contributed by atoms with Crippen molar-refractivity contribution >= 4 is 35.7 Å². The van der Waals surface area contributed by atoms with Gasteiger partial charge in [0.15, 0.2) is 5.78 Å². The molecular weight excluding hydrogens is 576 g/mol. The van der Waals surface area contributed by atoms with Crippen molar-refractivity contribution in [3.05, 3.63) is 0 Å². The van der Waals surface area contributed by atoms with Gasteiger partial charge in [0.25, 0.3) is 0 Å². The van der Waals surface area contributed by atoms with Crippen LogP contribution in [-0.4, -0.2) is 109 Å². The Morgan fingerprint density at radius 2 is 1.13 bits per heavy atom. The molecule has 0 aromatic carbocycles. The molecule has 6 atom stereocenters. The van der Waals surface area contributed by atoms with E-state index >= 15 is 0 Å². The largest absolute Gasteiger partial charge is 0.343 e. The van der Waals surface area contributed by atoms with Crippen molar-refractivity contribution in [1.29, 1.82) is 0 Å². The molecular formula is C33H61N6O6. The zero-order chi connectivity index (χ0) is 35.2. The Balaban J connectivity index is 5.63. The van der Waals surface area contributed by atoms with Crippen LogP contribution in [0.15, 0.2) is 0 Å². The second-order valence-corrected chi connectivity index (χ2v) is 13.8. The SMILES string of the molecule is CN[C@@H](CC(C)C)C(=O)N[C@@H](C)C(=O)N[C@H](C)C(=O)N(C)[C@@H](CC(C)C)C(=O)CN[C@@H](CC(C)C)C(=O)N(C)[C@H]([C]=O)C(C)C. The molecule has 0 saturated heterocycles. The van der Waals surface area contributed by atoms with Crippen molar-refractivity contribution in [2.45, 2.75) is 125 Å². The van der Waals surface area contributed by atoms with Gasteiger partial charge in [-0.1, -0.05) is 55.4 Å². The number of amides is 4. The van der Waals surface area contributed by atoms with Gasteiger partial charge in [-0.3, -0.25) is 34.1 Å². The van der Waals surface area contributed by atoms with E-state index in [4.69, 9.17) is 0 Å². The molecule has 0 aromatic heterocycles. The second kappa shape index (κ2) is 20.3. The van der Waals surface area contributed by atoms with Crippen molar-refractivity contribution in [2.24, 2.45) is 23.7 Å². The Kier molecular flexibility index (Phi) is 19.0. The van der Waals surface area contributed by atoms with Crippen LogP contribution in [0.1, 0.15) is 88.5 Å². The smallest absolute Gasteiger partial charge is 0.245 e. The van der Waals surface area contributed by atoms with E-state index in [1.54, 1.807) is 21.0 Å². The lowest BCUT2D eigenvalue weighted by molar-refractivity contribution is -0.141. The molecule has 0 aliphatic rings. The van der Waals surface area contributed by atoms with Crippen LogP contribution in [0, 0.1) is 23.7 Å². The highest BCUT2D eigenvalue weighted by Gasteiger charge is 2.34. The van der Waals surface area contributed by atoms with Crippen molar-refractivity contribution < 1.29 is 28.8 Å². The van der Waals surface area contributed by atoms with E-state index in [9.17, 15) is 28.8 Å². The molecule has 0 rings (SSSR count). The Morgan fingerprint density at radius 1 is 0.644 bits per heavy atom. The van der Waals surface area contributed by atoms with Crippen molar-refractivity contribution in [1.82, 2.24) is 31.1 Å². The van der Waals surface area contributed by atoms with Crippen molar-refractivity contribution in [2.75, 3.05) is 27.7 Å². The van der Waals surface area contributed by atoms with Gasteiger partial charge in [-0.05, 0) is 63.8 Å². The summed E-state index contributed by atoms with van der Waals surface area (Å²) < 4.78 is 0. The van der Waals surface area contributed by atoms with E-state index in [1.165, 1.54) is 23.8 Å². The number of carbonyl (C=O) groups is 5. The van der Waals surface area contributed by atoms with Crippen LogP contribution in [0.25, 0.3) is 0 Å². The lowest BCUT2D eigenvalue weighted by atomic mass is 9.97. The van der Waals surface area contributed by atoms with Crippen LogP contribution in [0.4, 0.5) is 0 Å². The normalized spacial score (nSPS) is 15.7. The molecule has 4 N–H and O–H groups in total. The third-order valence-corrected chi connectivity index (χ3v) is 7.78. The van der Waals surface area contributed by atoms with Crippen molar-refractivity contribution in [3.63, 3.8) is 0 Å². The van der Waals surface area contributed by atoms with Gasteiger partial charge in [-0.2, -0.15) is 0 Å². The number of rotatable bonds is 21. The summed E-state index contributed by atoms with van der Waals surface area (Å²) in [6, 6.07) is -4.49. The number of hydrogen-bond acceptors (Lipinski definition) is 8. The fraction of sp³-hybridized carbons (Fsp3) is 0.818. The Hall–Kier alpha value is -2.86. The maximum absolute atomic E-state index is 13.6. The van der Waals surface area contributed by atoms with E-state index < -0.39 is 48.1 Å². The van der Waals surface area contributed by atoms with Crippen LogP contribution in [-0.2, 0) is 28.8 Å². The van der Waals surface area contributed by atoms with Gasteiger partial charge < -0.3 is 25.8 Å². The Bertz CT molecular complexity index is 985. The Labute approximate surface area is 271 Å². The fourth-order valence-corrected chi connectivity index (χ4v) is 5.15. The van der Waals surface area contributed by atoms with Crippen LogP contribution < -0.4 is 21.3 Å². The van der Waals surface area contributed by atoms with Crippen LogP contribution in [0.2, 0.25) is 0 Å². The molecule has 0 bridgehead atoms. The fourth-order valence-electron chi connectivity index (χ4n) is 5.15. The van der Waals surface area contributed by atoms with Gasteiger partial charge in [-0.15, -0.1) is 0 Å². The molecule has 259 valence electrons. The number of carbonyl (C=O) groups excluding carboxylic acids is 6. The Morgan fingerprint density at radius 3 is 1.58 bits per heavy atom. The number of ketones is 1. The topological polar surface area (TPSA) is 157 Å². The third kappa shape index (κ3) is 14.4. The minimum absolute atomic E-state index is 0.0782. The van der Waals surface area contributed by atoms with Gasteiger partial charge in [-0.25, -0.2) is 0 Å². The molecule has 1 radical (unpaired) electrons. The van der Waals surface area contributed by atoms with Gasteiger partial charge in [0, 0.05) is 14.1 Å². The molecule has 0 aromatic rings. The quantitative estimate of drug-likeness (QED) is 0.148. The zero-order valence-corrected chi connectivity index (χ0v) is 29.9. The van der Waals surface area contributed by atoms with Crippen LogP contribution in [0.5, 0.6) is 0 Å². The summed E-state index contributed by atoms with van der Waals surface area (Å²) in [7, 11) is 4.78. The lowest BCUT2D eigenvalue weighted by Crippen LogP contribution is -2.57. The average Bonchev–Trinajstić information content (AvgIpc) is 2.94. The predicted molar refractivity (Wildman–Crippen MR) is 177 cm³/mol. The van der Waals surface area contributed by atoms with Gasteiger partial charge in [0.1, 0.15) is 18.1 Å². The molecule has 0 aliphatic heterocycles. The molecule has 45 heavy (non-hydrogen) atoms. The molecule has 0 aliphatic carbocycles. The molecule has 0 heterocycles. The number of nitrogens with zero attached hydrogens (tertiary/aromatic N) is 2. The minimum atomic E-state index is -0.954. The number of Topliss-reactive ketones (excluding diaryl/α,β-unsaturated/α-hetero) is 1. The first-order chi connectivity index (χ1) is 20.8. The van der Waals surface area contributed by atoms with Crippen LogP contribution in [0.3, 0.4) is 0 Å².